The number of nitrogens with zero attached hydrogens (tertiary/aromatic N) is 1. The maximum atomic E-state index is 7.34. The van der Waals surface area contributed by atoms with Crippen molar-refractivity contribution in [1.82, 2.24) is 0 Å². The minimum Gasteiger partial charge on any atom is -0.303 e. The third kappa shape index (κ3) is 3.71. The summed E-state index contributed by atoms with van der Waals surface area (Å²) in [7, 11) is 0. The number of hydrogen-bond acceptors (Lipinski definition) is 2. The lowest BCUT2D eigenvalue weighted by Gasteiger charge is -1.99. The zero-order valence-electron chi connectivity index (χ0n) is 7.73. The molecule has 0 saturated heterocycles. The molecule has 0 amide bonds. The highest BCUT2D eigenvalue weighted by Crippen LogP contribution is 2.00. The van der Waals surface area contributed by atoms with Gasteiger partial charge in [-0.15, -0.1) is 0 Å². The van der Waals surface area contributed by atoms with Crippen LogP contribution in [0.5, 0.6) is 0 Å². The van der Waals surface area contributed by atoms with Crippen molar-refractivity contribution in [2.75, 3.05) is 0 Å². The standard InChI is InChI=1S/C9H16N2/c1-5-7(3)11-9(6-2)8(4)10/h6,10H,5H2,1-4H3/b9-6+,10-8?,11-7?. The summed E-state index contributed by atoms with van der Waals surface area (Å²) in [5, 5.41) is 7.34. The van der Waals surface area contributed by atoms with E-state index >= 15 is 0 Å². The Kier molecular flexibility index (Phi) is 4.42. The lowest BCUT2D eigenvalue weighted by atomic mass is 10.2. The van der Waals surface area contributed by atoms with Crippen LogP contribution in [-0.4, -0.2) is 11.4 Å². The van der Waals surface area contributed by atoms with Crippen molar-refractivity contribution >= 4 is 11.4 Å². The van der Waals surface area contributed by atoms with Crippen LogP contribution in [0.25, 0.3) is 0 Å². The summed E-state index contributed by atoms with van der Waals surface area (Å²) >= 11 is 0. The van der Waals surface area contributed by atoms with E-state index < -0.39 is 0 Å². The molecule has 0 aliphatic rings. The minimum absolute atomic E-state index is 0.528. The van der Waals surface area contributed by atoms with Crippen LogP contribution in [0, 0.1) is 5.41 Å². The lowest BCUT2D eigenvalue weighted by Crippen LogP contribution is -1.96. The third-order valence-electron chi connectivity index (χ3n) is 1.48. The fraction of sp³-hybridized carbons (Fsp3) is 0.556. The van der Waals surface area contributed by atoms with Crippen molar-refractivity contribution in [3.05, 3.63) is 11.8 Å². The molecule has 1 N–H and O–H groups in total. The normalized spacial score (nSPS) is 13.5. The van der Waals surface area contributed by atoms with Gasteiger partial charge in [-0.3, -0.25) is 4.99 Å². The van der Waals surface area contributed by atoms with Gasteiger partial charge in [-0.05, 0) is 27.2 Å². The van der Waals surface area contributed by atoms with E-state index in [1.165, 1.54) is 0 Å². The van der Waals surface area contributed by atoms with Crippen molar-refractivity contribution in [3.63, 3.8) is 0 Å². The van der Waals surface area contributed by atoms with Gasteiger partial charge in [-0.25, -0.2) is 0 Å². The summed E-state index contributed by atoms with van der Waals surface area (Å²) in [6.07, 6.45) is 2.81. The van der Waals surface area contributed by atoms with Gasteiger partial charge in [0.1, 0.15) is 0 Å². The average Bonchev–Trinajstić information content (AvgIpc) is 1.99. The molecule has 0 saturated carbocycles. The number of allylic oxidation sites excluding steroid dienone is 2. The molecule has 0 spiro atoms. The predicted molar refractivity (Wildman–Crippen MR) is 50.6 cm³/mol. The Bertz CT molecular complexity index is 200. The van der Waals surface area contributed by atoms with Gasteiger partial charge in [0.25, 0.3) is 0 Å². The van der Waals surface area contributed by atoms with Crippen LogP contribution < -0.4 is 0 Å². The maximum Gasteiger partial charge on any atom is 0.0790 e. The van der Waals surface area contributed by atoms with Crippen molar-refractivity contribution in [2.24, 2.45) is 4.99 Å². The Labute approximate surface area is 68.5 Å². The van der Waals surface area contributed by atoms with Crippen LogP contribution in [0.2, 0.25) is 0 Å². The van der Waals surface area contributed by atoms with Crippen molar-refractivity contribution in [2.45, 2.75) is 34.1 Å². The quantitative estimate of drug-likeness (QED) is 0.604. The second-order valence-corrected chi connectivity index (χ2v) is 2.50. The van der Waals surface area contributed by atoms with Crippen LogP contribution in [0.15, 0.2) is 16.8 Å². The summed E-state index contributed by atoms with van der Waals surface area (Å²) in [5.41, 5.74) is 2.38. The molecule has 0 aliphatic carbocycles. The van der Waals surface area contributed by atoms with Crippen molar-refractivity contribution in [3.8, 4) is 0 Å². The maximum absolute atomic E-state index is 7.34. The summed E-state index contributed by atoms with van der Waals surface area (Å²) in [6, 6.07) is 0. The fourth-order valence-electron chi connectivity index (χ4n) is 0.650. The highest BCUT2D eigenvalue weighted by Gasteiger charge is 1.95. The summed E-state index contributed by atoms with van der Waals surface area (Å²) in [4.78, 5) is 4.27. The first kappa shape index (κ1) is 10.1. The molecule has 0 rings (SSSR count). The van der Waals surface area contributed by atoms with Gasteiger partial charge in [-0.2, -0.15) is 0 Å². The lowest BCUT2D eigenvalue weighted by molar-refractivity contribution is 1.23. The van der Waals surface area contributed by atoms with E-state index in [4.69, 9.17) is 5.41 Å². The summed E-state index contributed by atoms with van der Waals surface area (Å²) < 4.78 is 0. The Balaban J connectivity index is 4.45. The summed E-state index contributed by atoms with van der Waals surface area (Å²) in [6.45, 7) is 7.69. The van der Waals surface area contributed by atoms with E-state index in [9.17, 15) is 0 Å². The number of aliphatic imine (C=N–C) groups is 1. The molecule has 2 nitrogen and oxygen atoms in total. The van der Waals surface area contributed by atoms with Gasteiger partial charge in [0.15, 0.2) is 0 Å². The molecule has 2 heteroatoms. The molecule has 0 aliphatic heterocycles. The topological polar surface area (TPSA) is 36.2 Å². The molecule has 0 heterocycles. The van der Waals surface area contributed by atoms with Gasteiger partial charge in [0.05, 0.1) is 11.4 Å². The molecule has 0 radical (unpaired) electrons. The Hall–Kier alpha value is -0.920. The molecule has 62 valence electrons. The molecule has 0 fully saturated rings. The van der Waals surface area contributed by atoms with Crippen molar-refractivity contribution in [1.29, 1.82) is 5.41 Å². The summed E-state index contributed by atoms with van der Waals surface area (Å²) in [5.74, 6) is 0. The second-order valence-electron chi connectivity index (χ2n) is 2.50. The SMILES string of the molecule is C/C=C(/N=C(C)CC)C(C)=N. The Morgan fingerprint density at radius 2 is 2.00 bits per heavy atom. The molecule has 0 aromatic carbocycles. The zero-order chi connectivity index (χ0) is 8.85. The molecule has 0 aromatic rings. The molecular formula is C9H16N2. The van der Waals surface area contributed by atoms with E-state index in [0.717, 1.165) is 17.8 Å². The second kappa shape index (κ2) is 4.83. The smallest absolute Gasteiger partial charge is 0.0790 e. The monoisotopic (exact) mass is 152 g/mol. The number of hydrogen-bond donors (Lipinski definition) is 1. The molecule has 0 atom stereocenters. The van der Waals surface area contributed by atoms with Gasteiger partial charge in [0, 0.05) is 5.71 Å². The Morgan fingerprint density at radius 3 is 2.27 bits per heavy atom. The van der Waals surface area contributed by atoms with E-state index in [2.05, 4.69) is 11.9 Å². The minimum atomic E-state index is 0.528. The molecule has 0 unspecified atom stereocenters. The number of rotatable bonds is 3. The van der Waals surface area contributed by atoms with Gasteiger partial charge in [0.2, 0.25) is 0 Å². The van der Waals surface area contributed by atoms with E-state index in [1.54, 1.807) is 6.92 Å². The molecular weight excluding hydrogens is 136 g/mol. The average molecular weight is 152 g/mol. The molecule has 0 bridgehead atoms. The van der Waals surface area contributed by atoms with Crippen LogP contribution in [-0.2, 0) is 0 Å². The highest BCUT2D eigenvalue weighted by atomic mass is 14.8. The molecule has 11 heavy (non-hydrogen) atoms. The van der Waals surface area contributed by atoms with E-state index in [1.807, 2.05) is 19.9 Å². The molecule has 0 aromatic heterocycles. The van der Waals surface area contributed by atoms with Crippen LogP contribution in [0.3, 0.4) is 0 Å². The first-order valence-electron chi connectivity index (χ1n) is 3.87. The van der Waals surface area contributed by atoms with E-state index in [0.29, 0.717) is 5.71 Å². The first-order chi connectivity index (χ1) is 5.11. The zero-order valence-corrected chi connectivity index (χ0v) is 7.73. The van der Waals surface area contributed by atoms with Crippen LogP contribution >= 0.6 is 0 Å². The van der Waals surface area contributed by atoms with E-state index in [-0.39, 0.29) is 0 Å². The highest BCUT2D eigenvalue weighted by molar-refractivity contribution is 5.98. The van der Waals surface area contributed by atoms with Crippen LogP contribution in [0.1, 0.15) is 34.1 Å². The fourth-order valence-corrected chi connectivity index (χ4v) is 0.650. The first-order valence-corrected chi connectivity index (χ1v) is 3.87. The van der Waals surface area contributed by atoms with Gasteiger partial charge < -0.3 is 5.41 Å². The van der Waals surface area contributed by atoms with Gasteiger partial charge >= 0.3 is 0 Å². The predicted octanol–water partition coefficient (Wildman–Crippen LogP) is 2.80. The van der Waals surface area contributed by atoms with Gasteiger partial charge in [-0.1, -0.05) is 13.0 Å². The number of nitrogens with one attached hydrogen (secondary N) is 1. The van der Waals surface area contributed by atoms with Crippen LogP contribution in [0.4, 0.5) is 0 Å². The van der Waals surface area contributed by atoms with Crippen molar-refractivity contribution < 1.29 is 0 Å². The largest absolute Gasteiger partial charge is 0.303 e. The Morgan fingerprint density at radius 1 is 1.45 bits per heavy atom. The third-order valence-corrected chi connectivity index (χ3v) is 1.48.